The van der Waals surface area contributed by atoms with Gasteiger partial charge in [-0.05, 0) is 36.8 Å². The molecule has 0 atom stereocenters. The van der Waals surface area contributed by atoms with Crippen molar-refractivity contribution in [2.45, 2.75) is 19.9 Å². The highest BCUT2D eigenvalue weighted by atomic mass is 16.7. The zero-order valence-electron chi connectivity index (χ0n) is 18.5. The lowest BCUT2D eigenvalue weighted by Crippen LogP contribution is -2.49. The zero-order chi connectivity index (χ0) is 22.2. The van der Waals surface area contributed by atoms with Gasteiger partial charge in [-0.25, -0.2) is 4.99 Å². The number of benzene rings is 2. The van der Waals surface area contributed by atoms with Gasteiger partial charge in [0.25, 0.3) is 0 Å². The molecule has 0 bridgehead atoms. The van der Waals surface area contributed by atoms with Gasteiger partial charge in [-0.3, -0.25) is 4.79 Å². The highest BCUT2D eigenvalue weighted by molar-refractivity contribution is 5.81. The highest BCUT2D eigenvalue weighted by Gasteiger charge is 2.21. The quantitative estimate of drug-likeness (QED) is 0.511. The van der Waals surface area contributed by atoms with E-state index in [9.17, 15) is 4.79 Å². The number of carbonyl (C=O) groups excluding carboxylic acids is 1. The van der Waals surface area contributed by atoms with Gasteiger partial charge in [-0.15, -0.1) is 0 Å². The molecular weight excluding hydrogens is 406 g/mol. The van der Waals surface area contributed by atoms with E-state index in [1.54, 1.807) is 0 Å². The van der Waals surface area contributed by atoms with E-state index in [4.69, 9.17) is 9.47 Å². The molecule has 2 N–H and O–H groups in total. The van der Waals surface area contributed by atoms with Crippen molar-refractivity contribution in [2.75, 3.05) is 51.0 Å². The molecule has 0 spiro atoms. The van der Waals surface area contributed by atoms with Crippen LogP contribution in [0, 0.1) is 0 Å². The van der Waals surface area contributed by atoms with Crippen LogP contribution in [0.3, 0.4) is 0 Å². The SMILES string of the molecule is CCNC(=NCc1ccc2c(c1)OCO2)NCCC(=O)N1CCN(c2ccccc2)CC1. The van der Waals surface area contributed by atoms with E-state index >= 15 is 0 Å². The Morgan fingerprint density at radius 3 is 2.56 bits per heavy atom. The number of nitrogens with zero attached hydrogens (tertiary/aromatic N) is 3. The number of guanidine groups is 1. The van der Waals surface area contributed by atoms with Crippen LogP contribution in [0.25, 0.3) is 0 Å². The number of aliphatic imine (C=N–C) groups is 1. The van der Waals surface area contributed by atoms with E-state index in [1.165, 1.54) is 5.69 Å². The van der Waals surface area contributed by atoms with Gasteiger partial charge in [0.15, 0.2) is 17.5 Å². The molecule has 0 saturated carbocycles. The van der Waals surface area contributed by atoms with Crippen molar-refractivity contribution in [3.05, 3.63) is 54.1 Å². The third-order valence-corrected chi connectivity index (χ3v) is 5.59. The normalized spacial score (nSPS) is 15.6. The minimum atomic E-state index is 0.178. The zero-order valence-corrected chi connectivity index (χ0v) is 18.5. The lowest BCUT2D eigenvalue weighted by molar-refractivity contribution is -0.131. The minimum Gasteiger partial charge on any atom is -0.454 e. The Labute approximate surface area is 189 Å². The van der Waals surface area contributed by atoms with Gasteiger partial charge in [-0.1, -0.05) is 24.3 Å². The summed E-state index contributed by atoms with van der Waals surface area (Å²) in [6.45, 7) is 7.34. The Balaban J connectivity index is 1.22. The van der Waals surface area contributed by atoms with Gasteiger partial charge < -0.3 is 29.9 Å². The average molecular weight is 438 g/mol. The summed E-state index contributed by atoms with van der Waals surface area (Å²) in [5, 5.41) is 6.51. The molecule has 2 heterocycles. The second-order valence-corrected chi connectivity index (χ2v) is 7.76. The van der Waals surface area contributed by atoms with Crippen LogP contribution < -0.4 is 25.0 Å². The van der Waals surface area contributed by atoms with Crippen molar-refractivity contribution in [1.82, 2.24) is 15.5 Å². The molecule has 1 fully saturated rings. The Kier molecular flexibility index (Phi) is 7.32. The number of piperazine rings is 1. The van der Waals surface area contributed by atoms with Crippen LogP contribution in [0.15, 0.2) is 53.5 Å². The molecular formula is C24H31N5O3. The second-order valence-electron chi connectivity index (χ2n) is 7.76. The van der Waals surface area contributed by atoms with E-state index in [0.29, 0.717) is 25.5 Å². The maximum atomic E-state index is 12.6. The summed E-state index contributed by atoms with van der Waals surface area (Å²) in [6, 6.07) is 16.2. The first kappa shape index (κ1) is 21.8. The summed E-state index contributed by atoms with van der Waals surface area (Å²) in [4.78, 5) is 21.6. The van der Waals surface area contributed by atoms with Gasteiger partial charge in [0, 0.05) is 51.4 Å². The number of fused-ring (bicyclic) bond motifs is 1. The summed E-state index contributed by atoms with van der Waals surface area (Å²) in [7, 11) is 0. The largest absolute Gasteiger partial charge is 0.454 e. The molecule has 2 aromatic carbocycles. The first-order valence-corrected chi connectivity index (χ1v) is 11.2. The predicted octanol–water partition coefficient (Wildman–Crippen LogP) is 2.21. The van der Waals surface area contributed by atoms with Crippen molar-refractivity contribution in [3.63, 3.8) is 0 Å². The van der Waals surface area contributed by atoms with Crippen molar-refractivity contribution in [3.8, 4) is 11.5 Å². The van der Waals surface area contributed by atoms with Crippen molar-refractivity contribution in [1.29, 1.82) is 0 Å². The summed E-state index contributed by atoms with van der Waals surface area (Å²) in [5.41, 5.74) is 2.26. The topological polar surface area (TPSA) is 78.4 Å². The molecule has 2 aromatic rings. The minimum absolute atomic E-state index is 0.178. The number of hydrogen-bond donors (Lipinski definition) is 2. The van der Waals surface area contributed by atoms with Crippen molar-refractivity contribution in [2.24, 2.45) is 4.99 Å². The number of ether oxygens (including phenoxy) is 2. The summed E-state index contributed by atoms with van der Waals surface area (Å²) < 4.78 is 10.8. The van der Waals surface area contributed by atoms with Crippen LogP contribution >= 0.6 is 0 Å². The highest BCUT2D eigenvalue weighted by Crippen LogP contribution is 2.32. The number of amides is 1. The molecule has 8 nitrogen and oxygen atoms in total. The molecule has 0 radical (unpaired) electrons. The van der Waals surface area contributed by atoms with Crippen LogP contribution in [-0.4, -0.2) is 62.8 Å². The third kappa shape index (κ3) is 5.63. The van der Waals surface area contributed by atoms with E-state index in [2.05, 4.69) is 44.8 Å². The van der Waals surface area contributed by atoms with E-state index in [1.807, 2.05) is 36.1 Å². The van der Waals surface area contributed by atoms with Gasteiger partial charge in [0.05, 0.1) is 6.54 Å². The van der Waals surface area contributed by atoms with Crippen LogP contribution in [0.2, 0.25) is 0 Å². The van der Waals surface area contributed by atoms with Crippen LogP contribution in [-0.2, 0) is 11.3 Å². The number of para-hydroxylation sites is 1. The van der Waals surface area contributed by atoms with Crippen molar-refractivity contribution >= 4 is 17.6 Å². The second kappa shape index (κ2) is 10.7. The number of carbonyl (C=O) groups is 1. The van der Waals surface area contributed by atoms with Gasteiger partial charge >= 0.3 is 0 Å². The molecule has 4 rings (SSSR count). The fourth-order valence-corrected chi connectivity index (χ4v) is 3.85. The monoisotopic (exact) mass is 437 g/mol. The molecule has 1 saturated heterocycles. The molecule has 0 unspecified atom stereocenters. The van der Waals surface area contributed by atoms with Gasteiger partial charge in [0.2, 0.25) is 12.7 Å². The smallest absolute Gasteiger partial charge is 0.231 e. The van der Waals surface area contributed by atoms with Crippen LogP contribution in [0.4, 0.5) is 5.69 Å². The van der Waals surface area contributed by atoms with E-state index < -0.39 is 0 Å². The summed E-state index contributed by atoms with van der Waals surface area (Å²) >= 11 is 0. The Hall–Kier alpha value is -3.42. The van der Waals surface area contributed by atoms with Gasteiger partial charge in [0.1, 0.15) is 0 Å². The fourth-order valence-electron chi connectivity index (χ4n) is 3.85. The van der Waals surface area contributed by atoms with Gasteiger partial charge in [-0.2, -0.15) is 0 Å². The van der Waals surface area contributed by atoms with Crippen LogP contribution in [0.5, 0.6) is 11.5 Å². The molecule has 8 heteroatoms. The molecule has 2 aliphatic rings. The molecule has 0 aromatic heterocycles. The summed E-state index contributed by atoms with van der Waals surface area (Å²) in [5.74, 6) is 2.41. The molecule has 0 aliphatic carbocycles. The molecule has 170 valence electrons. The maximum absolute atomic E-state index is 12.6. The Bertz CT molecular complexity index is 926. The predicted molar refractivity (Wildman–Crippen MR) is 125 cm³/mol. The Morgan fingerprint density at radius 1 is 1.00 bits per heavy atom. The third-order valence-electron chi connectivity index (χ3n) is 5.59. The molecule has 2 aliphatic heterocycles. The van der Waals surface area contributed by atoms with Crippen LogP contribution in [0.1, 0.15) is 18.9 Å². The number of rotatable bonds is 7. The molecule has 1 amide bonds. The van der Waals surface area contributed by atoms with Crippen molar-refractivity contribution < 1.29 is 14.3 Å². The lowest BCUT2D eigenvalue weighted by atomic mass is 10.2. The number of anilines is 1. The first-order chi connectivity index (χ1) is 15.7. The lowest BCUT2D eigenvalue weighted by Gasteiger charge is -2.36. The fraction of sp³-hybridized carbons (Fsp3) is 0.417. The number of hydrogen-bond acceptors (Lipinski definition) is 5. The average Bonchev–Trinajstić information content (AvgIpc) is 3.31. The molecule has 32 heavy (non-hydrogen) atoms. The van der Waals surface area contributed by atoms with E-state index in [0.717, 1.165) is 49.8 Å². The number of nitrogens with one attached hydrogen (secondary N) is 2. The first-order valence-electron chi connectivity index (χ1n) is 11.2. The summed E-state index contributed by atoms with van der Waals surface area (Å²) in [6.07, 6.45) is 0.444. The maximum Gasteiger partial charge on any atom is 0.231 e. The van der Waals surface area contributed by atoms with E-state index in [-0.39, 0.29) is 12.7 Å². The Morgan fingerprint density at radius 2 is 1.78 bits per heavy atom. The standard InChI is InChI=1S/C24H31N5O3/c1-2-25-24(27-17-19-8-9-21-22(16-19)32-18-31-21)26-11-10-23(30)29-14-12-28(13-15-29)20-6-4-3-5-7-20/h3-9,16H,2,10-15,17-18H2,1H3,(H2,25,26,27).